The lowest BCUT2D eigenvalue weighted by Gasteiger charge is -2.34. The number of nitrogens with one attached hydrogen (secondary N) is 2. The molecule has 0 radical (unpaired) electrons. The van der Waals surface area contributed by atoms with Gasteiger partial charge in [-0.3, -0.25) is 5.10 Å². The van der Waals surface area contributed by atoms with E-state index in [2.05, 4.69) is 68.8 Å². The van der Waals surface area contributed by atoms with Gasteiger partial charge in [-0.2, -0.15) is 15.1 Å². The lowest BCUT2D eigenvalue weighted by Crippen LogP contribution is -2.51. The highest BCUT2D eigenvalue weighted by Gasteiger charge is 2.34. The van der Waals surface area contributed by atoms with Gasteiger partial charge in [0.2, 0.25) is 0 Å². The molecule has 0 spiro atoms. The molecule has 8 heteroatoms. The minimum Gasteiger partial charge on any atom is -0.462 e. The van der Waals surface area contributed by atoms with E-state index in [9.17, 15) is 0 Å². The molecule has 2 aromatic heterocycles. The van der Waals surface area contributed by atoms with E-state index >= 15 is 0 Å². The summed E-state index contributed by atoms with van der Waals surface area (Å²) in [5.74, 6) is 0.997. The Hall–Kier alpha value is -3.23. The zero-order chi connectivity index (χ0) is 23.4. The smallest absolute Gasteiger partial charge is 0.319 e. The topological polar surface area (TPSA) is 82.2 Å². The van der Waals surface area contributed by atoms with Gasteiger partial charge in [0.05, 0.1) is 17.2 Å². The highest BCUT2D eigenvalue weighted by Crippen LogP contribution is 2.35. The molecule has 3 aliphatic rings. The van der Waals surface area contributed by atoms with Gasteiger partial charge in [0.15, 0.2) is 0 Å². The van der Waals surface area contributed by atoms with Gasteiger partial charge in [-0.05, 0) is 68.6 Å². The van der Waals surface area contributed by atoms with Crippen molar-refractivity contribution >= 4 is 27.6 Å². The molecule has 2 N–H and O–H groups in total. The third kappa shape index (κ3) is 3.81. The van der Waals surface area contributed by atoms with Crippen LogP contribution in [0.5, 0.6) is 6.01 Å². The summed E-state index contributed by atoms with van der Waals surface area (Å²) in [7, 11) is 2.17. The summed E-state index contributed by atoms with van der Waals surface area (Å²) in [6.45, 7) is 3.71. The number of likely N-dealkylation sites (N-methyl/N-ethyl adjacent to an activating group) is 1. The first-order valence-corrected chi connectivity index (χ1v) is 12.8. The lowest BCUT2D eigenvalue weighted by molar-refractivity contribution is 0.188. The number of likely N-dealkylation sites (tertiary alicyclic amines) is 1. The number of aromatic amines is 1. The Morgan fingerprint density at radius 2 is 1.91 bits per heavy atom. The van der Waals surface area contributed by atoms with Gasteiger partial charge < -0.3 is 19.9 Å². The maximum Gasteiger partial charge on any atom is 0.319 e. The Kier molecular flexibility index (Phi) is 5.10. The van der Waals surface area contributed by atoms with Gasteiger partial charge in [-0.15, -0.1) is 0 Å². The molecule has 2 aromatic carbocycles. The first-order valence-electron chi connectivity index (χ1n) is 12.8. The zero-order valence-electron chi connectivity index (χ0n) is 20.1. The van der Waals surface area contributed by atoms with Crippen molar-refractivity contribution in [3.8, 4) is 17.1 Å². The van der Waals surface area contributed by atoms with Crippen LogP contribution in [0.1, 0.15) is 25.7 Å². The second-order valence-corrected chi connectivity index (χ2v) is 10.3. The highest BCUT2D eigenvalue weighted by molar-refractivity contribution is 5.98. The predicted octanol–water partition coefficient (Wildman–Crippen LogP) is 3.59. The van der Waals surface area contributed by atoms with Gasteiger partial charge in [0.25, 0.3) is 0 Å². The third-order valence-corrected chi connectivity index (χ3v) is 8.04. The molecule has 2 bridgehead atoms. The van der Waals surface area contributed by atoms with E-state index in [-0.39, 0.29) is 0 Å². The van der Waals surface area contributed by atoms with Gasteiger partial charge in [0, 0.05) is 42.0 Å². The average Bonchev–Trinajstić information content (AvgIpc) is 3.61. The van der Waals surface area contributed by atoms with Crippen LogP contribution in [0.15, 0.2) is 42.6 Å². The predicted molar refractivity (Wildman–Crippen MR) is 138 cm³/mol. The molecule has 180 valence electrons. The van der Waals surface area contributed by atoms with Crippen molar-refractivity contribution in [2.24, 2.45) is 0 Å². The van der Waals surface area contributed by atoms with Crippen LogP contribution in [0.4, 0.5) is 5.82 Å². The summed E-state index contributed by atoms with van der Waals surface area (Å²) in [6, 6.07) is 14.8. The van der Waals surface area contributed by atoms with E-state index in [0.29, 0.717) is 30.7 Å². The number of benzene rings is 2. The molecular weight excluding hydrogens is 438 g/mol. The van der Waals surface area contributed by atoms with Crippen LogP contribution in [-0.4, -0.2) is 76.5 Å². The molecule has 3 fully saturated rings. The van der Waals surface area contributed by atoms with E-state index in [1.165, 1.54) is 19.3 Å². The summed E-state index contributed by atoms with van der Waals surface area (Å²) in [5, 5.41) is 13.2. The van der Waals surface area contributed by atoms with Gasteiger partial charge >= 0.3 is 6.01 Å². The van der Waals surface area contributed by atoms with Crippen molar-refractivity contribution in [2.45, 2.75) is 43.8 Å². The Morgan fingerprint density at radius 3 is 2.74 bits per heavy atom. The summed E-state index contributed by atoms with van der Waals surface area (Å²) in [5.41, 5.74) is 4.23. The van der Waals surface area contributed by atoms with E-state index in [4.69, 9.17) is 14.7 Å². The van der Waals surface area contributed by atoms with Gasteiger partial charge in [0.1, 0.15) is 12.4 Å². The first kappa shape index (κ1) is 21.1. The number of anilines is 1. The number of hydrogen-bond acceptors (Lipinski definition) is 7. The number of piperazine rings is 1. The SMILES string of the molecule is CN1CCC[C@H]1COc1nc(N2C[C@H]3CC[C@@H](C2)N3)c2ccc(-c3cccc4[nH]ncc34)cc2n1. The Bertz CT molecular complexity index is 1370. The lowest BCUT2D eigenvalue weighted by atomic mass is 10.0. The number of ether oxygens (including phenoxy) is 1. The Morgan fingerprint density at radius 1 is 1.03 bits per heavy atom. The van der Waals surface area contributed by atoms with E-state index in [0.717, 1.165) is 64.8 Å². The number of aromatic nitrogens is 4. The van der Waals surface area contributed by atoms with Crippen LogP contribution >= 0.6 is 0 Å². The van der Waals surface area contributed by atoms with Crippen LogP contribution in [0.2, 0.25) is 0 Å². The quantitative estimate of drug-likeness (QED) is 0.462. The van der Waals surface area contributed by atoms with E-state index in [1.807, 2.05) is 6.20 Å². The number of fused-ring (bicyclic) bond motifs is 4. The molecule has 3 saturated heterocycles. The van der Waals surface area contributed by atoms with Crippen molar-refractivity contribution < 1.29 is 4.74 Å². The monoisotopic (exact) mass is 469 g/mol. The van der Waals surface area contributed by atoms with Crippen LogP contribution in [0, 0.1) is 0 Å². The van der Waals surface area contributed by atoms with Crippen LogP contribution in [0.3, 0.4) is 0 Å². The second kappa shape index (κ2) is 8.46. The minimum absolute atomic E-state index is 0.429. The minimum atomic E-state index is 0.429. The molecule has 8 nitrogen and oxygen atoms in total. The zero-order valence-corrected chi connectivity index (χ0v) is 20.1. The number of hydrogen-bond donors (Lipinski definition) is 2. The van der Waals surface area contributed by atoms with Gasteiger partial charge in [-0.25, -0.2) is 0 Å². The maximum absolute atomic E-state index is 6.25. The fourth-order valence-corrected chi connectivity index (χ4v) is 6.12. The second-order valence-electron chi connectivity index (χ2n) is 10.3. The Labute approximate surface area is 204 Å². The molecule has 0 aliphatic carbocycles. The van der Waals surface area contributed by atoms with Crippen LogP contribution < -0.4 is 15.0 Å². The Balaban J connectivity index is 1.30. The van der Waals surface area contributed by atoms with Gasteiger partial charge in [-0.1, -0.05) is 18.2 Å². The first-order chi connectivity index (χ1) is 17.2. The summed E-state index contributed by atoms with van der Waals surface area (Å²) in [4.78, 5) is 14.7. The van der Waals surface area contributed by atoms with Crippen molar-refractivity contribution in [1.82, 2.24) is 30.4 Å². The molecule has 7 rings (SSSR count). The van der Waals surface area contributed by atoms with Crippen molar-refractivity contribution in [1.29, 1.82) is 0 Å². The van der Waals surface area contributed by atoms with Crippen molar-refractivity contribution in [3.63, 3.8) is 0 Å². The molecular formula is C27H31N7O. The summed E-state index contributed by atoms with van der Waals surface area (Å²) >= 11 is 0. The van der Waals surface area contributed by atoms with Crippen LogP contribution in [0.25, 0.3) is 32.9 Å². The molecule has 0 unspecified atom stereocenters. The average molecular weight is 470 g/mol. The number of rotatable bonds is 5. The normalized spacial score (nSPS) is 24.6. The molecule has 35 heavy (non-hydrogen) atoms. The standard InChI is InChI=1S/C27H31N7O/c1-33-11-3-4-20(33)16-35-27-30-25-12-17(21-5-2-6-24-23(21)13-28-32-24)7-10-22(25)26(31-27)34-14-18-8-9-19(15-34)29-18/h2,5-7,10,12-13,18-20,29H,3-4,8-9,11,14-16H2,1H3,(H,28,32)/t18-,19+,20-/m0/s1. The van der Waals surface area contributed by atoms with E-state index < -0.39 is 0 Å². The number of H-pyrrole nitrogens is 1. The third-order valence-electron chi connectivity index (χ3n) is 8.04. The molecule has 5 heterocycles. The molecule has 0 amide bonds. The fourth-order valence-electron chi connectivity index (χ4n) is 6.12. The van der Waals surface area contributed by atoms with Crippen LogP contribution in [-0.2, 0) is 0 Å². The fraction of sp³-hybridized carbons (Fsp3) is 0.444. The molecule has 4 aromatic rings. The molecule has 3 atom stereocenters. The maximum atomic E-state index is 6.25. The summed E-state index contributed by atoms with van der Waals surface area (Å²) in [6.07, 6.45) is 6.75. The van der Waals surface area contributed by atoms with E-state index in [1.54, 1.807) is 0 Å². The molecule has 3 aliphatic heterocycles. The largest absolute Gasteiger partial charge is 0.462 e. The summed E-state index contributed by atoms with van der Waals surface area (Å²) < 4.78 is 6.25. The number of nitrogens with zero attached hydrogens (tertiary/aromatic N) is 5. The highest BCUT2D eigenvalue weighted by atomic mass is 16.5. The van der Waals surface area contributed by atoms with Crippen molar-refractivity contribution in [2.75, 3.05) is 38.2 Å². The molecule has 0 saturated carbocycles. The van der Waals surface area contributed by atoms with Crippen molar-refractivity contribution in [3.05, 3.63) is 42.6 Å².